The molecule has 0 heterocycles. The number of rotatable bonds is 4. The van der Waals surface area contributed by atoms with Crippen LogP contribution < -0.4 is 0 Å². The standard InChI is InChI=1S/C15H24O/c1-11(2)15(5,12(3)4)10-13-8-6-7-9-14(13)16/h6-9,11-12,16H,10H2,1-5H3. The molecule has 0 aliphatic heterocycles. The van der Waals surface area contributed by atoms with Crippen LogP contribution in [0.25, 0.3) is 0 Å². The van der Waals surface area contributed by atoms with Crippen LogP contribution in [-0.4, -0.2) is 5.11 Å². The summed E-state index contributed by atoms with van der Waals surface area (Å²) in [6.45, 7) is 11.4. The predicted octanol–water partition coefficient (Wildman–Crippen LogP) is 4.25. The summed E-state index contributed by atoms with van der Waals surface area (Å²) in [5.74, 6) is 1.63. The molecule has 0 spiro atoms. The SMILES string of the molecule is CC(C)C(C)(Cc1ccccc1O)C(C)C. The molecule has 16 heavy (non-hydrogen) atoms. The summed E-state index contributed by atoms with van der Waals surface area (Å²) in [5, 5.41) is 9.84. The van der Waals surface area contributed by atoms with Gasteiger partial charge in [0, 0.05) is 0 Å². The molecule has 0 unspecified atom stereocenters. The van der Waals surface area contributed by atoms with E-state index in [1.165, 1.54) is 0 Å². The van der Waals surface area contributed by atoms with Gasteiger partial charge in [0.15, 0.2) is 0 Å². The van der Waals surface area contributed by atoms with Gasteiger partial charge < -0.3 is 5.11 Å². The van der Waals surface area contributed by atoms with Crippen molar-refractivity contribution in [3.8, 4) is 5.75 Å². The fourth-order valence-electron chi connectivity index (χ4n) is 2.15. The Morgan fingerprint density at radius 1 is 1.06 bits per heavy atom. The Labute approximate surface area is 99.5 Å². The molecule has 0 saturated carbocycles. The zero-order chi connectivity index (χ0) is 12.3. The number of hydrogen-bond donors (Lipinski definition) is 1. The fourth-order valence-corrected chi connectivity index (χ4v) is 2.15. The molecule has 1 heteroatoms. The van der Waals surface area contributed by atoms with Crippen molar-refractivity contribution in [2.24, 2.45) is 17.3 Å². The molecule has 0 amide bonds. The van der Waals surface area contributed by atoms with E-state index in [0.29, 0.717) is 17.6 Å². The first-order valence-corrected chi connectivity index (χ1v) is 6.14. The van der Waals surface area contributed by atoms with Crippen molar-refractivity contribution in [2.75, 3.05) is 0 Å². The van der Waals surface area contributed by atoms with E-state index >= 15 is 0 Å². The maximum absolute atomic E-state index is 9.84. The smallest absolute Gasteiger partial charge is 0.118 e. The third kappa shape index (κ3) is 2.58. The zero-order valence-corrected chi connectivity index (χ0v) is 11.1. The van der Waals surface area contributed by atoms with E-state index < -0.39 is 0 Å². The van der Waals surface area contributed by atoms with Gasteiger partial charge in [0.25, 0.3) is 0 Å². The van der Waals surface area contributed by atoms with Gasteiger partial charge in [-0.25, -0.2) is 0 Å². The van der Waals surface area contributed by atoms with Gasteiger partial charge in [-0.05, 0) is 35.3 Å². The van der Waals surface area contributed by atoms with Crippen LogP contribution in [0.1, 0.15) is 40.2 Å². The molecule has 1 rings (SSSR count). The quantitative estimate of drug-likeness (QED) is 0.804. The maximum atomic E-state index is 9.84. The van der Waals surface area contributed by atoms with Crippen molar-refractivity contribution in [2.45, 2.75) is 41.0 Å². The minimum Gasteiger partial charge on any atom is -0.508 e. The first kappa shape index (κ1) is 13.1. The van der Waals surface area contributed by atoms with Crippen molar-refractivity contribution >= 4 is 0 Å². The molecular formula is C15H24O. The lowest BCUT2D eigenvalue weighted by atomic mass is 9.67. The van der Waals surface area contributed by atoms with Crippen molar-refractivity contribution in [1.82, 2.24) is 0 Å². The zero-order valence-electron chi connectivity index (χ0n) is 11.1. The molecular weight excluding hydrogens is 196 g/mol. The maximum Gasteiger partial charge on any atom is 0.118 e. The second-order valence-electron chi connectivity index (χ2n) is 5.62. The second kappa shape index (κ2) is 4.90. The molecule has 1 N–H and O–H groups in total. The average molecular weight is 220 g/mol. The third-order valence-corrected chi connectivity index (χ3v) is 4.20. The van der Waals surface area contributed by atoms with Crippen LogP contribution in [0.15, 0.2) is 24.3 Å². The van der Waals surface area contributed by atoms with E-state index in [0.717, 1.165) is 12.0 Å². The van der Waals surface area contributed by atoms with Gasteiger partial charge in [-0.15, -0.1) is 0 Å². The van der Waals surface area contributed by atoms with Gasteiger partial charge >= 0.3 is 0 Å². The van der Waals surface area contributed by atoms with E-state index in [1.807, 2.05) is 18.2 Å². The number of phenolic OH excluding ortho intramolecular Hbond substituents is 1. The minimum atomic E-state index is 0.235. The number of phenols is 1. The van der Waals surface area contributed by atoms with Crippen molar-refractivity contribution in [3.05, 3.63) is 29.8 Å². The Kier molecular flexibility index (Phi) is 4.01. The lowest BCUT2D eigenvalue weighted by Crippen LogP contribution is -2.32. The summed E-state index contributed by atoms with van der Waals surface area (Å²) < 4.78 is 0. The van der Waals surface area contributed by atoms with E-state index in [1.54, 1.807) is 6.07 Å². The van der Waals surface area contributed by atoms with Crippen LogP contribution in [0.4, 0.5) is 0 Å². The van der Waals surface area contributed by atoms with E-state index in [-0.39, 0.29) is 5.41 Å². The topological polar surface area (TPSA) is 20.2 Å². The summed E-state index contributed by atoms with van der Waals surface area (Å²) in [6, 6.07) is 7.67. The minimum absolute atomic E-state index is 0.235. The number of benzene rings is 1. The summed E-state index contributed by atoms with van der Waals surface area (Å²) in [6.07, 6.45) is 0.939. The first-order valence-electron chi connectivity index (χ1n) is 6.14. The first-order chi connectivity index (χ1) is 7.38. The lowest BCUT2D eigenvalue weighted by molar-refractivity contribution is 0.136. The number of para-hydroxylation sites is 1. The van der Waals surface area contributed by atoms with Crippen LogP contribution in [0.3, 0.4) is 0 Å². The van der Waals surface area contributed by atoms with Crippen LogP contribution in [-0.2, 0) is 6.42 Å². The molecule has 1 aromatic rings. The molecule has 0 bridgehead atoms. The van der Waals surface area contributed by atoms with E-state index in [4.69, 9.17) is 0 Å². The van der Waals surface area contributed by atoms with Gasteiger partial charge in [0.1, 0.15) is 5.75 Å². The summed E-state index contributed by atoms with van der Waals surface area (Å²) in [7, 11) is 0. The highest BCUT2D eigenvalue weighted by Crippen LogP contribution is 2.40. The molecule has 1 nitrogen and oxygen atoms in total. The van der Waals surface area contributed by atoms with E-state index in [9.17, 15) is 5.11 Å². The molecule has 0 atom stereocenters. The van der Waals surface area contributed by atoms with E-state index in [2.05, 4.69) is 34.6 Å². The normalized spacial score (nSPS) is 12.4. The third-order valence-electron chi connectivity index (χ3n) is 4.20. The molecule has 90 valence electrons. The van der Waals surface area contributed by atoms with Gasteiger partial charge in [0.2, 0.25) is 0 Å². The lowest BCUT2D eigenvalue weighted by Gasteiger charge is -2.38. The molecule has 0 radical (unpaired) electrons. The Balaban J connectivity index is 2.98. The Morgan fingerprint density at radius 2 is 1.56 bits per heavy atom. The highest BCUT2D eigenvalue weighted by molar-refractivity contribution is 5.32. The van der Waals surface area contributed by atoms with Gasteiger partial charge in [-0.3, -0.25) is 0 Å². The number of aromatic hydroxyl groups is 1. The number of hydrogen-bond acceptors (Lipinski definition) is 1. The van der Waals surface area contributed by atoms with Gasteiger partial charge in [-0.2, -0.15) is 0 Å². The molecule has 1 aromatic carbocycles. The molecule has 0 aliphatic rings. The van der Waals surface area contributed by atoms with Crippen molar-refractivity contribution in [3.63, 3.8) is 0 Å². The van der Waals surface area contributed by atoms with Crippen LogP contribution >= 0.6 is 0 Å². The molecule has 0 fully saturated rings. The van der Waals surface area contributed by atoms with Crippen LogP contribution in [0.2, 0.25) is 0 Å². The largest absolute Gasteiger partial charge is 0.508 e. The fraction of sp³-hybridized carbons (Fsp3) is 0.600. The summed E-state index contributed by atoms with van der Waals surface area (Å²) in [4.78, 5) is 0. The predicted molar refractivity (Wildman–Crippen MR) is 69.6 cm³/mol. The Morgan fingerprint density at radius 3 is 2.00 bits per heavy atom. The Hall–Kier alpha value is -0.980. The molecule has 0 aromatic heterocycles. The average Bonchev–Trinajstić information content (AvgIpc) is 2.20. The van der Waals surface area contributed by atoms with Crippen LogP contribution in [0.5, 0.6) is 5.75 Å². The highest BCUT2D eigenvalue weighted by Gasteiger charge is 2.32. The van der Waals surface area contributed by atoms with Crippen molar-refractivity contribution < 1.29 is 5.11 Å². The monoisotopic (exact) mass is 220 g/mol. The highest BCUT2D eigenvalue weighted by atomic mass is 16.3. The summed E-state index contributed by atoms with van der Waals surface area (Å²) in [5.41, 5.74) is 1.30. The molecule has 0 saturated heterocycles. The van der Waals surface area contributed by atoms with Crippen LogP contribution in [0, 0.1) is 17.3 Å². The summed E-state index contributed by atoms with van der Waals surface area (Å²) >= 11 is 0. The van der Waals surface area contributed by atoms with Gasteiger partial charge in [-0.1, -0.05) is 52.8 Å². The molecule has 0 aliphatic carbocycles. The Bertz CT molecular complexity index is 331. The van der Waals surface area contributed by atoms with Gasteiger partial charge in [0.05, 0.1) is 0 Å². The van der Waals surface area contributed by atoms with Crippen molar-refractivity contribution in [1.29, 1.82) is 0 Å². The second-order valence-corrected chi connectivity index (χ2v) is 5.62.